The maximum absolute atomic E-state index is 13.6. The smallest absolute Gasteiger partial charge is 0.444 e. The number of carbonyl (C=O) groups excluding carboxylic acids is 4. The van der Waals surface area contributed by atoms with E-state index in [2.05, 4.69) is 79.0 Å². The molecule has 0 aliphatic heterocycles. The summed E-state index contributed by atoms with van der Waals surface area (Å²) in [6, 6.07) is 29.0. The molecule has 4 atom stereocenters. The highest BCUT2D eigenvalue weighted by molar-refractivity contribution is 6.32. The van der Waals surface area contributed by atoms with Crippen molar-refractivity contribution >= 4 is 81.4 Å². The Bertz CT molecular complexity index is 3780. The van der Waals surface area contributed by atoms with Crippen molar-refractivity contribution in [2.75, 3.05) is 21.3 Å². The zero-order valence-electron chi connectivity index (χ0n) is 48.5. The Morgan fingerprint density at radius 1 is 0.540 bits per heavy atom. The molecule has 8 saturated carbocycles. The van der Waals surface area contributed by atoms with Crippen molar-refractivity contribution in [1.29, 1.82) is 0 Å². The number of aromatic nitrogens is 4. The van der Waals surface area contributed by atoms with E-state index in [0.717, 1.165) is 99.5 Å². The standard InChI is InChI=1S/C35H38ClN5O3.C32H29ClF3N5O2/c1-33(2,3)44-32(43)38-25-11-8-24(9-12-25)30(42)40-34-15-21-14-22(16-34)18-35(17-21,20-34)41-31-37-19-28(36)29(39-31)27-13-10-23-6-4-5-7-26(23)27;33-25-16-37-29(39-26(25)24-10-7-20-3-1-2-4-23(20)24)41-31-14-18-11-19(15-31)13-30(12-18,17-31)40-27(42)21-5-8-22(9-6-21)38-28(43)32(34,35)36/h4-9,11-13,19,21-22H,10,14-18,20H2,1-3H3,(H,38,43)(H,40,42)(H,37,39,41);1-6,8-10,16,18-19H,7,11-15,17H2,(H,38,43)(H,40,42)(H,37,39,41). The monoisotopic (exact) mass is 1220 g/mol. The van der Waals surface area contributed by atoms with E-state index in [-0.39, 0.29) is 34.1 Å². The van der Waals surface area contributed by atoms with Gasteiger partial charge in [0.25, 0.3) is 11.8 Å². The number of amides is 4. The first-order valence-electron chi connectivity index (χ1n) is 29.9. The fourth-order valence-corrected chi connectivity index (χ4v) is 16.9. The molecule has 8 bridgehead atoms. The highest BCUT2D eigenvalue weighted by Gasteiger charge is 2.60. The predicted octanol–water partition coefficient (Wildman–Crippen LogP) is 13.9. The van der Waals surface area contributed by atoms with Gasteiger partial charge in [-0.05, 0) is 205 Å². The third-order valence-corrected chi connectivity index (χ3v) is 19.3. The van der Waals surface area contributed by atoms with Crippen molar-refractivity contribution in [2.45, 2.75) is 145 Å². The second-order valence-electron chi connectivity index (χ2n) is 26.7. The van der Waals surface area contributed by atoms with E-state index in [9.17, 15) is 32.3 Å². The second kappa shape index (κ2) is 22.1. The summed E-state index contributed by atoms with van der Waals surface area (Å²) < 4.78 is 43.1. The van der Waals surface area contributed by atoms with Crippen molar-refractivity contribution in [3.05, 3.63) is 176 Å². The minimum Gasteiger partial charge on any atom is -0.444 e. The summed E-state index contributed by atoms with van der Waals surface area (Å²) in [4.78, 5) is 69.3. The molecular weight excluding hydrogens is 1150 g/mol. The summed E-state index contributed by atoms with van der Waals surface area (Å²) in [7, 11) is 0. The number of anilines is 4. The van der Waals surface area contributed by atoms with Gasteiger partial charge in [0.2, 0.25) is 11.9 Å². The fourth-order valence-electron chi connectivity index (χ4n) is 16.5. The van der Waals surface area contributed by atoms with Gasteiger partial charge >= 0.3 is 18.2 Å². The quantitative estimate of drug-likeness (QED) is 0.0681. The Labute approximate surface area is 512 Å². The molecule has 4 aromatic carbocycles. The fraction of sp³-hybridized carbons (Fsp3) is 0.403. The van der Waals surface area contributed by atoms with Gasteiger partial charge in [0.15, 0.2) is 0 Å². The Hall–Kier alpha value is -7.83. The third-order valence-electron chi connectivity index (χ3n) is 18.8. The number of benzene rings is 4. The summed E-state index contributed by atoms with van der Waals surface area (Å²) in [5, 5.41) is 19.8. The van der Waals surface area contributed by atoms with Crippen molar-refractivity contribution < 1.29 is 37.1 Å². The number of nitrogens with zero attached hydrogens (tertiary/aromatic N) is 4. The Morgan fingerprint density at radius 2 is 0.931 bits per heavy atom. The van der Waals surface area contributed by atoms with Gasteiger partial charge in [-0.25, -0.2) is 24.7 Å². The van der Waals surface area contributed by atoms with E-state index in [1.165, 1.54) is 47.4 Å². The molecule has 0 radical (unpaired) electrons. The normalized spacial score (nSPS) is 26.7. The summed E-state index contributed by atoms with van der Waals surface area (Å²) in [5.74, 6) is 0.593. The van der Waals surface area contributed by atoms with E-state index < -0.39 is 29.3 Å². The van der Waals surface area contributed by atoms with Crippen LogP contribution in [0.25, 0.3) is 11.1 Å². The van der Waals surface area contributed by atoms with Crippen molar-refractivity contribution in [2.24, 2.45) is 23.7 Å². The molecule has 0 saturated heterocycles. The van der Waals surface area contributed by atoms with E-state index in [4.69, 9.17) is 37.9 Å². The Balaban J connectivity index is 0.000000161. The molecule has 0 spiro atoms. The maximum Gasteiger partial charge on any atom is 0.471 e. The van der Waals surface area contributed by atoms with Crippen molar-refractivity contribution in [3.8, 4) is 0 Å². The molecule has 2 aromatic heterocycles. The topological polar surface area (TPSA) is 201 Å². The second-order valence-corrected chi connectivity index (χ2v) is 27.5. The van der Waals surface area contributed by atoms with Gasteiger partial charge in [0.05, 0.1) is 33.8 Å². The van der Waals surface area contributed by atoms with Gasteiger partial charge in [0, 0.05) is 55.8 Å². The predicted molar refractivity (Wildman–Crippen MR) is 328 cm³/mol. The zero-order valence-corrected chi connectivity index (χ0v) is 50.0. The molecule has 16 rings (SSSR count). The highest BCUT2D eigenvalue weighted by atomic mass is 35.5. The van der Waals surface area contributed by atoms with Crippen LogP contribution in [0.5, 0.6) is 0 Å². The number of ether oxygens (including phenoxy) is 1. The van der Waals surface area contributed by atoms with Crippen molar-refractivity contribution in [3.63, 3.8) is 0 Å². The van der Waals surface area contributed by atoms with E-state index in [1.807, 2.05) is 39.0 Å². The van der Waals surface area contributed by atoms with Crippen LogP contribution in [-0.4, -0.2) is 77.7 Å². The van der Waals surface area contributed by atoms with Gasteiger partial charge in [0.1, 0.15) is 5.60 Å². The van der Waals surface area contributed by atoms with Crippen LogP contribution in [0.15, 0.2) is 122 Å². The van der Waals surface area contributed by atoms with Crippen LogP contribution in [0.1, 0.15) is 152 Å². The number of halogens is 5. The lowest BCUT2D eigenvalue weighted by atomic mass is 9.50. The first-order chi connectivity index (χ1) is 41.5. The van der Waals surface area contributed by atoms with Crippen molar-refractivity contribution in [1.82, 2.24) is 30.6 Å². The van der Waals surface area contributed by atoms with Gasteiger partial charge in [-0.2, -0.15) is 13.2 Å². The third kappa shape index (κ3) is 12.2. The molecule has 450 valence electrons. The molecule has 15 nitrogen and oxygen atoms in total. The molecule has 4 unspecified atom stereocenters. The van der Waals surface area contributed by atoms with Crippen LogP contribution in [0.3, 0.4) is 0 Å². The number of hydrogen-bond acceptors (Lipinski definition) is 11. The van der Waals surface area contributed by atoms with Crippen LogP contribution in [0.2, 0.25) is 10.0 Å². The SMILES string of the molecule is CC(C)(C)OC(=O)Nc1ccc(C(=O)NC23CC4CC(C2)CC(Nc2ncc(Cl)c(C5=CCc6ccccc65)n2)(C4)C3)cc1.O=C(NC12CC3CC(C1)CC(Nc1ncc(Cl)c(C4=CCc5ccccc54)n1)(C3)C2)c1ccc(NC(=O)C(F)(F)F)cc1. The largest absolute Gasteiger partial charge is 0.471 e. The van der Waals surface area contributed by atoms with Crippen LogP contribution >= 0.6 is 23.2 Å². The Kier molecular flexibility index (Phi) is 14.8. The number of carbonyl (C=O) groups is 4. The van der Waals surface area contributed by atoms with Crippen LogP contribution in [-0.2, 0) is 22.4 Å². The number of rotatable bonds is 12. The molecule has 8 fully saturated rings. The average Bonchev–Trinajstić information content (AvgIpc) is 1.37. The lowest BCUT2D eigenvalue weighted by Gasteiger charge is -2.62. The molecule has 20 heteroatoms. The van der Waals surface area contributed by atoms with Gasteiger partial charge in [-0.1, -0.05) is 83.9 Å². The lowest BCUT2D eigenvalue weighted by molar-refractivity contribution is -0.167. The van der Waals surface area contributed by atoms with Crippen LogP contribution in [0, 0.1) is 23.7 Å². The lowest BCUT2D eigenvalue weighted by Crippen LogP contribution is -2.67. The first kappa shape index (κ1) is 58.2. The highest BCUT2D eigenvalue weighted by Crippen LogP contribution is 2.60. The van der Waals surface area contributed by atoms with E-state index in [0.29, 0.717) is 74.5 Å². The molecular formula is C67H67Cl2F3N10O5. The molecule has 6 N–H and O–H groups in total. The van der Waals surface area contributed by atoms with E-state index in [1.54, 1.807) is 42.0 Å². The van der Waals surface area contributed by atoms with Gasteiger partial charge in [-0.3, -0.25) is 19.7 Å². The minimum absolute atomic E-state index is 0.0315. The molecule has 10 aliphatic rings. The maximum atomic E-state index is 13.6. The number of fused-ring (bicyclic) bond motifs is 2. The van der Waals surface area contributed by atoms with Crippen LogP contribution in [0.4, 0.5) is 41.2 Å². The first-order valence-corrected chi connectivity index (χ1v) is 30.7. The Morgan fingerprint density at radius 3 is 1.33 bits per heavy atom. The average molecular weight is 1220 g/mol. The summed E-state index contributed by atoms with van der Waals surface area (Å²) in [6.07, 6.45) is 15.4. The minimum atomic E-state index is -4.99. The number of hydrogen-bond donors (Lipinski definition) is 6. The van der Waals surface area contributed by atoms with Crippen LogP contribution < -0.4 is 31.9 Å². The summed E-state index contributed by atoms with van der Waals surface area (Å²) >= 11 is 13.2. The number of alkyl halides is 3. The summed E-state index contributed by atoms with van der Waals surface area (Å²) in [6.45, 7) is 5.45. The van der Waals surface area contributed by atoms with E-state index >= 15 is 0 Å². The molecule has 10 aliphatic carbocycles. The number of nitrogens with one attached hydrogen (secondary N) is 6. The van der Waals surface area contributed by atoms with Gasteiger partial charge < -0.3 is 31.3 Å². The number of allylic oxidation sites excluding steroid dienone is 2. The molecule has 2 heterocycles. The molecule has 4 amide bonds. The summed E-state index contributed by atoms with van der Waals surface area (Å²) in [5.41, 5.74) is 7.99. The molecule has 87 heavy (non-hydrogen) atoms. The zero-order chi connectivity index (χ0) is 60.7. The molecule has 6 aromatic rings. The van der Waals surface area contributed by atoms with Gasteiger partial charge in [-0.15, -0.1) is 0 Å².